The zero-order valence-corrected chi connectivity index (χ0v) is 28.5. The predicted molar refractivity (Wildman–Crippen MR) is 180 cm³/mol. The Morgan fingerprint density at radius 1 is 1.02 bits per heavy atom. The minimum atomic E-state index is -2.70. The highest BCUT2D eigenvalue weighted by Gasteiger charge is 2.35. The van der Waals surface area contributed by atoms with Crippen LogP contribution in [-0.2, 0) is 0 Å². The minimum Gasteiger partial charge on any atom is -0.395 e. The topological polar surface area (TPSA) is 67.6 Å². The second-order valence-corrected chi connectivity index (χ2v) is 13.9. The number of carbonyl (C=O) groups is 1. The van der Waals surface area contributed by atoms with Crippen molar-refractivity contribution in [3.8, 4) is 11.1 Å². The maximum Gasteiger partial charge on any atom is 0.255 e. The monoisotopic (exact) mass is 656 g/mol. The number of amides is 1. The van der Waals surface area contributed by atoms with E-state index in [1.807, 2.05) is 11.3 Å². The third-order valence-electron chi connectivity index (χ3n) is 10.0. The number of nitrogens with zero attached hydrogens (tertiary/aromatic N) is 6. The molecule has 0 spiro atoms. The highest BCUT2D eigenvalue weighted by Crippen LogP contribution is 2.37. The number of carbonyl (C=O) groups excluding carboxylic acids is 1. The van der Waals surface area contributed by atoms with Gasteiger partial charge in [0.25, 0.3) is 12.3 Å². The average molecular weight is 657 g/mol. The van der Waals surface area contributed by atoms with E-state index in [2.05, 4.69) is 45.8 Å². The van der Waals surface area contributed by atoms with Gasteiger partial charge in [0, 0.05) is 75.6 Å². The summed E-state index contributed by atoms with van der Waals surface area (Å²) in [5, 5.41) is 9.21. The molecule has 2 fully saturated rings. The number of alkyl halides is 2. The van der Waals surface area contributed by atoms with Crippen molar-refractivity contribution >= 4 is 11.4 Å². The van der Waals surface area contributed by atoms with Gasteiger partial charge in [0.05, 0.1) is 30.4 Å². The summed E-state index contributed by atoms with van der Waals surface area (Å²) in [7, 11) is 0. The molecule has 47 heavy (non-hydrogen) atoms. The number of imidazole rings is 1. The Bertz CT molecular complexity index is 1500. The van der Waals surface area contributed by atoms with Gasteiger partial charge >= 0.3 is 0 Å². The first kappa shape index (κ1) is 35.3. The van der Waals surface area contributed by atoms with Gasteiger partial charge in [0.2, 0.25) is 0 Å². The molecule has 8 nitrogen and oxygen atoms in total. The van der Waals surface area contributed by atoms with Gasteiger partial charge in [-0.3, -0.25) is 14.6 Å². The molecule has 0 bridgehead atoms. The first-order valence-electron chi connectivity index (χ1n) is 17.1. The summed E-state index contributed by atoms with van der Waals surface area (Å²) in [6.45, 7) is 17.2. The van der Waals surface area contributed by atoms with Crippen LogP contribution in [-0.4, -0.2) is 124 Å². The first-order chi connectivity index (χ1) is 22.5. The standard InChI is InChI=1S/C36H51F3N6O2/c1-24(2)33(7-6-10-41-11-13-42(14-12-41)15-16-46)43-20-28(21-43)27-17-31(34-19-40-26(5)45(34)22-27)30-9-8-29(37)18-32(30)36(47)44(25(3)4)23-35(38)39/h8-9,17-19,22,24-25,28,33,35,46H,6-7,10-16,20-21,23H2,1-5H3/t33-/m1/s1. The summed E-state index contributed by atoms with van der Waals surface area (Å²) in [6, 6.07) is 6.15. The number of pyridine rings is 1. The van der Waals surface area contributed by atoms with E-state index in [0.29, 0.717) is 17.5 Å². The van der Waals surface area contributed by atoms with E-state index in [9.17, 15) is 23.1 Å². The highest BCUT2D eigenvalue weighted by atomic mass is 19.3. The molecule has 258 valence electrons. The Labute approximate surface area is 277 Å². The fourth-order valence-electron chi connectivity index (χ4n) is 7.28. The third kappa shape index (κ3) is 8.18. The van der Waals surface area contributed by atoms with Gasteiger partial charge in [-0.25, -0.2) is 18.2 Å². The molecule has 4 heterocycles. The third-order valence-corrected chi connectivity index (χ3v) is 10.0. The fraction of sp³-hybridized carbons (Fsp3) is 0.611. The minimum absolute atomic E-state index is 0.0715. The number of aryl methyl sites for hydroxylation is 1. The Balaban J connectivity index is 1.34. The van der Waals surface area contributed by atoms with E-state index in [4.69, 9.17) is 0 Å². The number of β-amino-alcohol motifs (C(OH)–C–C–N with tert-alkyl or cyclic N) is 1. The lowest BCUT2D eigenvalue weighted by molar-refractivity contribution is 0.0476. The number of aliphatic hydroxyl groups is 1. The van der Waals surface area contributed by atoms with Crippen LogP contribution in [0.2, 0.25) is 0 Å². The molecular formula is C36H51F3N6O2. The molecule has 1 amide bonds. The molecule has 3 aromatic rings. The van der Waals surface area contributed by atoms with Crippen molar-refractivity contribution in [3.05, 3.63) is 59.4 Å². The summed E-state index contributed by atoms with van der Waals surface area (Å²) in [5.41, 5.74) is 3.22. The summed E-state index contributed by atoms with van der Waals surface area (Å²) in [6.07, 6.45) is 3.45. The van der Waals surface area contributed by atoms with Crippen molar-refractivity contribution in [2.75, 3.05) is 65.5 Å². The normalized spacial score (nSPS) is 17.7. The molecule has 11 heteroatoms. The zero-order chi connectivity index (χ0) is 33.8. The van der Waals surface area contributed by atoms with Gasteiger partial charge in [-0.2, -0.15) is 0 Å². The molecule has 0 saturated carbocycles. The molecule has 1 aromatic carbocycles. The van der Waals surface area contributed by atoms with Crippen molar-refractivity contribution in [1.29, 1.82) is 0 Å². The van der Waals surface area contributed by atoms with Crippen LogP contribution in [0.5, 0.6) is 0 Å². The molecule has 1 atom stereocenters. The van der Waals surface area contributed by atoms with Crippen LogP contribution in [0.15, 0.2) is 36.7 Å². The number of halogens is 3. The molecular weight excluding hydrogens is 605 g/mol. The Morgan fingerprint density at radius 2 is 1.70 bits per heavy atom. The summed E-state index contributed by atoms with van der Waals surface area (Å²) < 4.78 is 43.5. The van der Waals surface area contributed by atoms with Crippen LogP contribution in [0, 0.1) is 18.7 Å². The summed E-state index contributed by atoms with van der Waals surface area (Å²) in [4.78, 5) is 26.8. The summed E-state index contributed by atoms with van der Waals surface area (Å²) >= 11 is 0. The van der Waals surface area contributed by atoms with Crippen molar-refractivity contribution in [3.63, 3.8) is 0 Å². The molecule has 1 N–H and O–H groups in total. The number of hydrogen-bond donors (Lipinski definition) is 1. The SMILES string of the molecule is Cc1ncc2c(-c3ccc(F)cc3C(=O)N(CC(F)F)C(C)C)cc(C3CN([C@H](CCCN4CCN(CCO)CC4)C(C)C)C3)cn12. The first-order valence-corrected chi connectivity index (χ1v) is 17.1. The van der Waals surface area contributed by atoms with Crippen molar-refractivity contribution < 1.29 is 23.1 Å². The second kappa shape index (κ2) is 15.5. The van der Waals surface area contributed by atoms with Gasteiger partial charge in [0.15, 0.2) is 0 Å². The molecule has 2 saturated heterocycles. The maximum absolute atomic E-state index is 14.6. The number of piperazine rings is 1. The maximum atomic E-state index is 14.6. The molecule has 2 aromatic heterocycles. The molecule has 0 unspecified atom stereocenters. The Morgan fingerprint density at radius 3 is 2.32 bits per heavy atom. The van der Waals surface area contributed by atoms with Crippen molar-refractivity contribution in [2.24, 2.45) is 5.92 Å². The largest absolute Gasteiger partial charge is 0.395 e. The summed E-state index contributed by atoms with van der Waals surface area (Å²) in [5.74, 6) is 0.403. The van der Waals surface area contributed by atoms with E-state index >= 15 is 0 Å². The second-order valence-electron chi connectivity index (χ2n) is 13.9. The fourth-order valence-corrected chi connectivity index (χ4v) is 7.28. The van der Waals surface area contributed by atoms with Crippen LogP contribution >= 0.6 is 0 Å². The number of hydrogen-bond acceptors (Lipinski definition) is 6. The zero-order valence-electron chi connectivity index (χ0n) is 28.5. The van der Waals surface area contributed by atoms with E-state index in [0.717, 1.165) is 98.6 Å². The number of aromatic nitrogens is 2. The van der Waals surface area contributed by atoms with Gasteiger partial charge in [0.1, 0.15) is 11.6 Å². The lowest BCUT2D eigenvalue weighted by Gasteiger charge is -2.46. The van der Waals surface area contributed by atoms with Crippen LogP contribution in [0.25, 0.3) is 16.6 Å². The van der Waals surface area contributed by atoms with Crippen LogP contribution in [0.3, 0.4) is 0 Å². The van der Waals surface area contributed by atoms with Gasteiger partial charge in [-0.1, -0.05) is 19.9 Å². The number of benzene rings is 1. The smallest absolute Gasteiger partial charge is 0.255 e. The lowest BCUT2D eigenvalue weighted by atomic mass is 9.85. The lowest BCUT2D eigenvalue weighted by Crippen LogP contribution is -2.53. The molecule has 0 radical (unpaired) electrons. The average Bonchev–Trinajstić information content (AvgIpc) is 3.38. The van der Waals surface area contributed by atoms with Crippen molar-refractivity contribution in [2.45, 2.75) is 71.9 Å². The predicted octanol–water partition coefficient (Wildman–Crippen LogP) is 5.38. The number of aliphatic hydroxyl groups excluding tert-OH is 1. The highest BCUT2D eigenvalue weighted by molar-refractivity contribution is 6.03. The van der Waals surface area contributed by atoms with Gasteiger partial charge < -0.3 is 19.3 Å². The van der Waals surface area contributed by atoms with Crippen LogP contribution in [0.1, 0.15) is 68.2 Å². The van der Waals surface area contributed by atoms with Gasteiger partial charge in [-0.15, -0.1) is 0 Å². The molecule has 2 aliphatic heterocycles. The number of rotatable bonds is 14. The van der Waals surface area contributed by atoms with E-state index in [1.165, 1.54) is 6.07 Å². The Kier molecular flexibility index (Phi) is 11.6. The molecule has 5 rings (SSSR count). The van der Waals surface area contributed by atoms with E-state index in [-0.39, 0.29) is 18.1 Å². The van der Waals surface area contributed by atoms with Crippen molar-refractivity contribution in [1.82, 2.24) is 29.0 Å². The van der Waals surface area contributed by atoms with Gasteiger partial charge in [-0.05, 0) is 75.4 Å². The quantitative estimate of drug-likeness (QED) is 0.252. The van der Waals surface area contributed by atoms with Crippen LogP contribution in [0.4, 0.5) is 13.2 Å². The number of likely N-dealkylation sites (tertiary alicyclic amines) is 1. The Hall–Kier alpha value is -2.99. The molecule has 0 aliphatic carbocycles. The van der Waals surface area contributed by atoms with E-state index < -0.39 is 30.7 Å². The van der Waals surface area contributed by atoms with E-state index in [1.54, 1.807) is 26.1 Å². The van der Waals surface area contributed by atoms with Crippen LogP contribution < -0.4 is 0 Å². The molecule has 2 aliphatic rings. The number of fused-ring (bicyclic) bond motifs is 1.